The van der Waals surface area contributed by atoms with Crippen LogP contribution in [0.4, 0.5) is 0 Å². The van der Waals surface area contributed by atoms with Gasteiger partial charge < -0.3 is 15.1 Å². The number of nitrogens with zero attached hydrogens (tertiary/aromatic N) is 1. The maximum Gasteiger partial charge on any atom is 0.236 e. The summed E-state index contributed by atoms with van der Waals surface area (Å²) in [6, 6.07) is 3.92. The second kappa shape index (κ2) is 6.19. The second-order valence-electron chi connectivity index (χ2n) is 4.88. The van der Waals surface area contributed by atoms with Crippen molar-refractivity contribution in [1.82, 2.24) is 15.6 Å². The molecule has 0 bridgehead atoms. The van der Waals surface area contributed by atoms with Gasteiger partial charge in [0.15, 0.2) is 0 Å². The molecule has 1 unspecified atom stereocenters. The number of piperidine rings is 1. The van der Waals surface area contributed by atoms with Gasteiger partial charge in [-0.05, 0) is 30.8 Å². The molecule has 6 heteroatoms. The van der Waals surface area contributed by atoms with Crippen LogP contribution in [0.25, 0.3) is 10.8 Å². The molecule has 2 aromatic heterocycles. The third-order valence-corrected chi connectivity index (χ3v) is 4.25. The van der Waals surface area contributed by atoms with Gasteiger partial charge in [0.2, 0.25) is 11.8 Å². The molecule has 0 saturated carbocycles. The van der Waals surface area contributed by atoms with Crippen molar-refractivity contribution in [2.75, 3.05) is 13.1 Å². The predicted octanol–water partition coefficient (Wildman–Crippen LogP) is 2.02. The summed E-state index contributed by atoms with van der Waals surface area (Å²) in [6.45, 7) is 2.20. The average Bonchev–Trinajstić information content (AvgIpc) is 3.16. The van der Waals surface area contributed by atoms with Crippen molar-refractivity contribution >= 4 is 17.2 Å². The fourth-order valence-electron chi connectivity index (χ4n) is 2.30. The number of carbonyl (C=O) groups excluding carboxylic acids is 1. The molecule has 1 fully saturated rings. The molecule has 1 aliphatic heterocycles. The Labute approximate surface area is 121 Å². The van der Waals surface area contributed by atoms with Crippen molar-refractivity contribution in [3.63, 3.8) is 0 Å². The number of amides is 1. The number of thiophene rings is 1. The Morgan fingerprint density at radius 2 is 2.55 bits per heavy atom. The van der Waals surface area contributed by atoms with Crippen LogP contribution in [0, 0.1) is 5.92 Å². The van der Waals surface area contributed by atoms with E-state index in [1.165, 1.54) is 0 Å². The van der Waals surface area contributed by atoms with Crippen LogP contribution < -0.4 is 10.6 Å². The number of aromatic nitrogens is 1. The Hall–Kier alpha value is -1.66. The first-order valence-corrected chi connectivity index (χ1v) is 7.67. The summed E-state index contributed by atoms with van der Waals surface area (Å²) >= 11 is 1.58. The number of oxazole rings is 1. The molecule has 2 aromatic rings. The summed E-state index contributed by atoms with van der Waals surface area (Å²) in [7, 11) is 0. The molecule has 3 rings (SSSR count). The fourth-order valence-corrected chi connectivity index (χ4v) is 2.95. The zero-order valence-electron chi connectivity index (χ0n) is 11.1. The Bertz CT molecular complexity index is 559. The molecule has 0 radical (unpaired) electrons. The number of carbonyl (C=O) groups is 1. The van der Waals surface area contributed by atoms with E-state index >= 15 is 0 Å². The lowest BCUT2D eigenvalue weighted by molar-refractivity contribution is -0.125. The minimum atomic E-state index is 0.0763. The van der Waals surface area contributed by atoms with E-state index in [9.17, 15) is 4.79 Å². The van der Waals surface area contributed by atoms with E-state index in [0.717, 1.165) is 36.5 Å². The van der Waals surface area contributed by atoms with E-state index in [-0.39, 0.29) is 11.8 Å². The number of hydrogen-bond donors (Lipinski definition) is 2. The standard InChI is InChI=1S/C14H17N3O2S/c18-13(10-3-1-5-15-7-10)16-8-11-9-19-14(17-11)12-4-2-6-20-12/h2,4,6,9-10,15H,1,3,5,7-8H2,(H,16,18). The van der Waals surface area contributed by atoms with E-state index in [1.54, 1.807) is 17.6 Å². The van der Waals surface area contributed by atoms with Crippen molar-refractivity contribution in [3.05, 3.63) is 29.5 Å². The molecule has 1 atom stereocenters. The van der Waals surface area contributed by atoms with Crippen molar-refractivity contribution in [2.45, 2.75) is 19.4 Å². The van der Waals surface area contributed by atoms with Gasteiger partial charge in [0.1, 0.15) is 6.26 Å². The fraction of sp³-hybridized carbons (Fsp3) is 0.429. The molecule has 0 aromatic carbocycles. The van der Waals surface area contributed by atoms with Crippen LogP contribution in [0.3, 0.4) is 0 Å². The highest BCUT2D eigenvalue weighted by Crippen LogP contribution is 2.23. The first-order chi connectivity index (χ1) is 9.83. The maximum absolute atomic E-state index is 12.0. The second-order valence-corrected chi connectivity index (χ2v) is 5.83. The molecule has 106 valence electrons. The van der Waals surface area contributed by atoms with Gasteiger partial charge in [-0.15, -0.1) is 11.3 Å². The molecule has 2 N–H and O–H groups in total. The van der Waals surface area contributed by atoms with E-state index in [0.29, 0.717) is 12.4 Å². The minimum absolute atomic E-state index is 0.0763. The van der Waals surface area contributed by atoms with Crippen LogP contribution in [0.2, 0.25) is 0 Å². The Balaban J connectivity index is 1.54. The maximum atomic E-state index is 12.0. The molecule has 0 aliphatic carbocycles. The molecule has 1 saturated heterocycles. The highest BCUT2D eigenvalue weighted by molar-refractivity contribution is 7.13. The highest BCUT2D eigenvalue weighted by Gasteiger charge is 2.20. The summed E-state index contributed by atoms with van der Waals surface area (Å²) in [4.78, 5) is 17.4. The molecule has 1 amide bonds. The Morgan fingerprint density at radius 1 is 1.60 bits per heavy atom. The summed E-state index contributed by atoms with van der Waals surface area (Å²) in [5.41, 5.74) is 0.755. The van der Waals surface area contributed by atoms with E-state index in [2.05, 4.69) is 15.6 Å². The van der Waals surface area contributed by atoms with Gasteiger partial charge in [-0.25, -0.2) is 4.98 Å². The van der Waals surface area contributed by atoms with Gasteiger partial charge in [-0.2, -0.15) is 0 Å². The van der Waals surface area contributed by atoms with Crippen molar-refractivity contribution < 1.29 is 9.21 Å². The molecule has 1 aliphatic rings. The third-order valence-electron chi connectivity index (χ3n) is 3.40. The molecular weight excluding hydrogens is 274 g/mol. The number of hydrogen-bond acceptors (Lipinski definition) is 5. The van der Waals surface area contributed by atoms with Crippen molar-refractivity contribution in [3.8, 4) is 10.8 Å². The van der Waals surface area contributed by atoms with Gasteiger partial charge in [0.25, 0.3) is 0 Å². The lowest BCUT2D eigenvalue weighted by Crippen LogP contribution is -2.40. The van der Waals surface area contributed by atoms with Crippen LogP contribution in [-0.2, 0) is 11.3 Å². The third kappa shape index (κ3) is 3.08. The number of rotatable bonds is 4. The normalized spacial score (nSPS) is 18.9. The lowest BCUT2D eigenvalue weighted by Gasteiger charge is -2.21. The van der Waals surface area contributed by atoms with E-state index < -0.39 is 0 Å². The van der Waals surface area contributed by atoms with Crippen molar-refractivity contribution in [2.24, 2.45) is 5.92 Å². The average molecular weight is 291 g/mol. The highest BCUT2D eigenvalue weighted by atomic mass is 32.1. The van der Waals surface area contributed by atoms with Crippen LogP contribution in [0.15, 0.2) is 28.2 Å². The molecule has 20 heavy (non-hydrogen) atoms. The van der Waals surface area contributed by atoms with Gasteiger partial charge in [-0.3, -0.25) is 4.79 Å². The van der Waals surface area contributed by atoms with Gasteiger partial charge in [0.05, 0.1) is 23.0 Å². The van der Waals surface area contributed by atoms with Crippen LogP contribution in [0.1, 0.15) is 18.5 Å². The zero-order chi connectivity index (χ0) is 13.8. The minimum Gasteiger partial charge on any atom is -0.443 e. The first-order valence-electron chi connectivity index (χ1n) is 6.79. The van der Waals surface area contributed by atoms with E-state index in [4.69, 9.17) is 4.42 Å². The number of nitrogens with one attached hydrogen (secondary N) is 2. The zero-order valence-corrected chi connectivity index (χ0v) is 11.9. The molecule has 3 heterocycles. The van der Waals surface area contributed by atoms with E-state index in [1.807, 2.05) is 17.5 Å². The largest absolute Gasteiger partial charge is 0.443 e. The molecular formula is C14H17N3O2S. The monoisotopic (exact) mass is 291 g/mol. The SMILES string of the molecule is O=C(NCc1coc(-c2cccs2)n1)C1CCCNC1. The Morgan fingerprint density at radius 3 is 3.30 bits per heavy atom. The summed E-state index contributed by atoms with van der Waals surface area (Å²) in [5.74, 6) is 0.786. The lowest BCUT2D eigenvalue weighted by atomic mass is 9.99. The summed E-state index contributed by atoms with van der Waals surface area (Å²) < 4.78 is 5.42. The molecule has 5 nitrogen and oxygen atoms in total. The van der Waals surface area contributed by atoms with Crippen molar-refractivity contribution in [1.29, 1.82) is 0 Å². The predicted molar refractivity (Wildman–Crippen MR) is 77.3 cm³/mol. The smallest absolute Gasteiger partial charge is 0.236 e. The first kappa shape index (κ1) is 13.3. The topological polar surface area (TPSA) is 67.2 Å². The van der Waals surface area contributed by atoms with Gasteiger partial charge in [-0.1, -0.05) is 6.07 Å². The Kier molecular flexibility index (Phi) is 4.13. The quantitative estimate of drug-likeness (QED) is 0.904. The van der Waals surface area contributed by atoms with Crippen LogP contribution in [-0.4, -0.2) is 24.0 Å². The van der Waals surface area contributed by atoms with Gasteiger partial charge >= 0.3 is 0 Å². The summed E-state index contributed by atoms with van der Waals surface area (Å²) in [5, 5.41) is 8.16. The molecule has 0 spiro atoms. The van der Waals surface area contributed by atoms with Crippen LogP contribution >= 0.6 is 11.3 Å². The van der Waals surface area contributed by atoms with Crippen LogP contribution in [0.5, 0.6) is 0 Å². The van der Waals surface area contributed by atoms with Gasteiger partial charge in [0, 0.05) is 6.54 Å². The summed E-state index contributed by atoms with van der Waals surface area (Å²) in [6.07, 6.45) is 3.62.